The van der Waals surface area contributed by atoms with E-state index in [2.05, 4.69) is 0 Å². The van der Waals surface area contributed by atoms with Gasteiger partial charge in [0.15, 0.2) is 11.6 Å². The fourth-order valence-electron chi connectivity index (χ4n) is 5.16. The third-order valence-electron chi connectivity index (χ3n) is 6.70. The average molecular weight is 531 g/mol. The Kier molecular flexibility index (Phi) is 4.86. The Morgan fingerprint density at radius 3 is 2.36 bits per heavy atom. The maximum Gasteiger partial charge on any atom is 0.347 e. The first-order valence-corrected chi connectivity index (χ1v) is 11.4. The molecule has 5 rings (SSSR count). The van der Waals surface area contributed by atoms with Crippen LogP contribution in [0, 0.1) is 0 Å². The van der Waals surface area contributed by atoms with Gasteiger partial charge in [0.1, 0.15) is 25.6 Å². The second-order valence-corrected chi connectivity index (χ2v) is 10.3. The summed E-state index contributed by atoms with van der Waals surface area (Å²) in [6, 6.07) is 5.13. The molecule has 8 nitrogen and oxygen atoms in total. The number of halogens is 4. The van der Waals surface area contributed by atoms with Gasteiger partial charge in [0, 0.05) is 19.4 Å². The summed E-state index contributed by atoms with van der Waals surface area (Å²) in [6.45, 7) is 0.0325. The first kappa shape index (κ1) is 22.5. The molecule has 0 bridgehead atoms. The summed E-state index contributed by atoms with van der Waals surface area (Å²) >= 11 is 26.2. The molecule has 0 unspecified atom stereocenters. The molecule has 1 aromatic carbocycles. The van der Waals surface area contributed by atoms with Crippen molar-refractivity contribution in [3.05, 3.63) is 72.5 Å². The number of benzene rings is 1. The van der Waals surface area contributed by atoms with Gasteiger partial charge in [0.2, 0.25) is 0 Å². The van der Waals surface area contributed by atoms with Crippen molar-refractivity contribution in [2.24, 2.45) is 7.05 Å². The van der Waals surface area contributed by atoms with Crippen LogP contribution in [0.25, 0.3) is 0 Å². The number of hydrogen-bond acceptors (Lipinski definition) is 5. The third kappa shape index (κ3) is 2.66. The Bertz CT molecular complexity index is 1450. The molecule has 12 heteroatoms. The number of hydrogen-bond donors (Lipinski definition) is 1. The number of phenols is 1. The molecule has 4 atom stereocenters. The lowest BCUT2D eigenvalue weighted by Gasteiger charge is -2.54. The quantitative estimate of drug-likeness (QED) is 0.450. The standard InChI is InChI=1S/C21H15Cl4N3O5/c1-26-18(32)27-6-5-11-12(28(27)19(26)33)8-20(24)16(30)14(22)15(23)17(31)21(20,25)13(11)9-3-2-4-10(29)7-9/h2-5,7,12-13,29H,6,8H2,1H3/t12-,13+,20-,21+/m1/s1. The van der Waals surface area contributed by atoms with Gasteiger partial charge in [-0.2, -0.15) is 0 Å². The summed E-state index contributed by atoms with van der Waals surface area (Å²) in [7, 11) is 1.34. The van der Waals surface area contributed by atoms with E-state index in [4.69, 9.17) is 46.4 Å². The highest BCUT2D eigenvalue weighted by Gasteiger charge is 2.71. The zero-order valence-electron chi connectivity index (χ0n) is 16.9. The zero-order valence-corrected chi connectivity index (χ0v) is 19.9. The van der Waals surface area contributed by atoms with E-state index in [1.807, 2.05) is 0 Å². The number of Topliss-reactive ketones (excluding diaryl/α,β-unsaturated/α-hetero) is 2. The molecular formula is C21H15Cl4N3O5. The molecule has 2 heterocycles. The maximum absolute atomic E-state index is 13.5. The van der Waals surface area contributed by atoms with Crippen LogP contribution in [0.1, 0.15) is 23.9 Å². The number of ketones is 2. The fraction of sp³-hybridized carbons (Fsp3) is 0.333. The van der Waals surface area contributed by atoms with Gasteiger partial charge >= 0.3 is 11.4 Å². The summed E-state index contributed by atoms with van der Waals surface area (Å²) in [6.07, 6.45) is 1.40. The predicted octanol–water partition coefficient (Wildman–Crippen LogP) is 2.52. The van der Waals surface area contributed by atoms with Gasteiger partial charge in [-0.05, 0) is 23.3 Å². The van der Waals surface area contributed by atoms with E-state index in [1.165, 1.54) is 28.5 Å². The van der Waals surface area contributed by atoms with Crippen molar-refractivity contribution in [2.45, 2.75) is 34.7 Å². The average Bonchev–Trinajstić information content (AvgIpc) is 3.01. The lowest BCUT2D eigenvalue weighted by Crippen LogP contribution is -2.67. The summed E-state index contributed by atoms with van der Waals surface area (Å²) in [5, 5.41) is 9.07. The minimum Gasteiger partial charge on any atom is -0.508 e. The topological polar surface area (TPSA) is 103 Å². The van der Waals surface area contributed by atoms with Gasteiger partial charge in [-0.1, -0.05) is 41.4 Å². The molecule has 2 aliphatic carbocycles. The molecule has 1 fully saturated rings. The van der Waals surface area contributed by atoms with Crippen LogP contribution in [0.3, 0.4) is 0 Å². The van der Waals surface area contributed by atoms with Crippen molar-refractivity contribution >= 4 is 58.0 Å². The monoisotopic (exact) mass is 529 g/mol. The predicted molar refractivity (Wildman–Crippen MR) is 122 cm³/mol. The van der Waals surface area contributed by atoms with Crippen molar-refractivity contribution in [3.63, 3.8) is 0 Å². The molecule has 33 heavy (non-hydrogen) atoms. The van der Waals surface area contributed by atoms with Crippen LogP contribution in [-0.4, -0.2) is 40.4 Å². The number of phenolic OH excluding ortho intramolecular Hbond substituents is 1. The smallest absolute Gasteiger partial charge is 0.347 e. The molecule has 1 aliphatic heterocycles. The number of nitrogens with zero attached hydrogens (tertiary/aromatic N) is 3. The van der Waals surface area contributed by atoms with E-state index in [9.17, 15) is 24.3 Å². The number of aromatic hydroxyl groups is 1. The molecule has 0 spiro atoms. The number of carbonyl (C=O) groups excluding carboxylic acids is 2. The number of allylic oxidation sites excluding steroid dienone is 4. The Morgan fingerprint density at radius 2 is 1.70 bits per heavy atom. The van der Waals surface area contributed by atoms with Crippen molar-refractivity contribution in [1.29, 1.82) is 0 Å². The SMILES string of the molecule is Cn1c(=O)n2n(c1=O)[C@@H]1C[C@@]3(Cl)C(=O)C(Cl)=C(Cl)C(=O)[C@@]3(Cl)[C@@H](c3cccc(O)c3)C1=CC2. The first-order valence-electron chi connectivity index (χ1n) is 9.85. The van der Waals surface area contributed by atoms with Crippen LogP contribution in [-0.2, 0) is 23.2 Å². The highest BCUT2D eigenvalue weighted by Crippen LogP contribution is 2.63. The number of rotatable bonds is 1. The largest absolute Gasteiger partial charge is 0.508 e. The molecule has 2 aromatic rings. The van der Waals surface area contributed by atoms with Crippen LogP contribution in [0.15, 0.2) is 55.6 Å². The van der Waals surface area contributed by atoms with Gasteiger partial charge in [-0.15, -0.1) is 23.2 Å². The number of aromatic nitrogens is 3. The molecular weight excluding hydrogens is 516 g/mol. The Labute approximate surface area is 206 Å². The van der Waals surface area contributed by atoms with E-state index < -0.39 is 54.7 Å². The normalized spacial score (nSPS) is 31.1. The van der Waals surface area contributed by atoms with E-state index in [1.54, 1.807) is 18.2 Å². The molecule has 3 aliphatic rings. The van der Waals surface area contributed by atoms with Crippen LogP contribution in [0.4, 0.5) is 0 Å². The molecule has 172 valence electrons. The minimum absolute atomic E-state index is 0.0325. The van der Waals surface area contributed by atoms with Crippen molar-refractivity contribution < 1.29 is 14.7 Å². The highest BCUT2D eigenvalue weighted by atomic mass is 35.5. The maximum atomic E-state index is 13.5. The van der Waals surface area contributed by atoms with Gasteiger partial charge < -0.3 is 5.11 Å². The number of fused-ring (bicyclic) bond motifs is 4. The summed E-state index contributed by atoms with van der Waals surface area (Å²) in [5.74, 6) is -2.84. The van der Waals surface area contributed by atoms with E-state index >= 15 is 0 Å². The van der Waals surface area contributed by atoms with Crippen LogP contribution in [0.2, 0.25) is 0 Å². The zero-order chi connectivity index (χ0) is 24.0. The molecule has 0 saturated heterocycles. The number of carbonyl (C=O) groups is 2. The fourth-order valence-corrected chi connectivity index (χ4v) is 6.68. The molecule has 0 amide bonds. The minimum atomic E-state index is -2.10. The molecule has 1 N–H and O–H groups in total. The highest BCUT2D eigenvalue weighted by molar-refractivity contribution is 6.66. The van der Waals surface area contributed by atoms with Gasteiger partial charge in [-0.3, -0.25) is 9.59 Å². The van der Waals surface area contributed by atoms with Gasteiger partial charge in [0.25, 0.3) is 0 Å². The van der Waals surface area contributed by atoms with Crippen molar-refractivity contribution in [3.8, 4) is 5.75 Å². The second-order valence-electron chi connectivity index (χ2n) is 8.30. The number of alkyl halides is 2. The van der Waals surface area contributed by atoms with E-state index in [0.717, 1.165) is 4.57 Å². The second kappa shape index (κ2) is 7.12. The molecule has 0 radical (unpaired) electrons. The Hall–Kier alpha value is -2.26. The van der Waals surface area contributed by atoms with Crippen LogP contribution in [0.5, 0.6) is 5.75 Å². The van der Waals surface area contributed by atoms with Crippen molar-refractivity contribution in [2.75, 3.05) is 0 Å². The Morgan fingerprint density at radius 1 is 1.03 bits per heavy atom. The summed E-state index contributed by atoms with van der Waals surface area (Å²) in [4.78, 5) is 48.2. The van der Waals surface area contributed by atoms with Gasteiger partial charge in [0.05, 0.1) is 12.6 Å². The van der Waals surface area contributed by atoms with Gasteiger partial charge in [-0.25, -0.2) is 23.5 Å². The third-order valence-corrected chi connectivity index (χ3v) is 8.95. The van der Waals surface area contributed by atoms with E-state index in [0.29, 0.717) is 11.1 Å². The summed E-state index contributed by atoms with van der Waals surface area (Å²) < 4.78 is 3.40. The first-order chi connectivity index (χ1) is 15.4. The van der Waals surface area contributed by atoms with Crippen molar-refractivity contribution in [1.82, 2.24) is 13.9 Å². The molecule has 1 saturated carbocycles. The Balaban J connectivity index is 1.86. The van der Waals surface area contributed by atoms with E-state index in [-0.39, 0.29) is 18.7 Å². The van der Waals surface area contributed by atoms with Crippen LogP contribution >= 0.6 is 46.4 Å². The molecule has 1 aromatic heterocycles. The lowest BCUT2D eigenvalue weighted by molar-refractivity contribution is -0.128. The van der Waals surface area contributed by atoms with Crippen LogP contribution < -0.4 is 11.4 Å². The lowest BCUT2D eigenvalue weighted by atomic mass is 9.59. The summed E-state index contributed by atoms with van der Waals surface area (Å²) in [5.41, 5.74) is -0.262.